The summed E-state index contributed by atoms with van der Waals surface area (Å²) >= 11 is 0.339. The van der Waals surface area contributed by atoms with Crippen LogP contribution in [0.25, 0.3) is 10.8 Å². The van der Waals surface area contributed by atoms with Crippen LogP contribution in [0.5, 0.6) is 5.75 Å². The molecule has 0 atom stereocenters. The molecule has 0 fully saturated rings. The molecule has 0 saturated heterocycles. The molecule has 1 amide bonds. The number of nitrogens with zero attached hydrogens (tertiary/aromatic N) is 2. The first-order valence-electron chi connectivity index (χ1n) is 9.66. The zero-order valence-corrected chi connectivity index (χ0v) is 26.0. The van der Waals surface area contributed by atoms with Gasteiger partial charge in [-0.1, -0.05) is 12.1 Å². The number of phenolic OH excluding ortho intramolecular Hbond substituents is 1. The van der Waals surface area contributed by atoms with Crippen molar-refractivity contribution in [3.63, 3.8) is 0 Å². The van der Waals surface area contributed by atoms with Crippen molar-refractivity contribution in [1.29, 1.82) is 0 Å². The summed E-state index contributed by atoms with van der Waals surface area (Å²) in [5.74, 6) is -1.37. The van der Waals surface area contributed by atoms with E-state index in [1.165, 1.54) is 19.1 Å². The second kappa shape index (κ2) is 14.1. The van der Waals surface area contributed by atoms with Crippen LogP contribution in [0.1, 0.15) is 29.8 Å². The topological polar surface area (TPSA) is 190 Å². The molecule has 0 aliphatic heterocycles. The van der Waals surface area contributed by atoms with Crippen molar-refractivity contribution in [3.05, 3.63) is 47.5 Å². The minimum absolute atomic E-state index is 0. The molecule has 0 aliphatic carbocycles. The van der Waals surface area contributed by atoms with Crippen LogP contribution in [0.4, 0.5) is 17.1 Å². The second-order valence-corrected chi connectivity index (χ2v) is 9.38. The minimum atomic E-state index is -4.93. The van der Waals surface area contributed by atoms with Gasteiger partial charge in [-0.2, -0.15) is 9.45 Å². The number of anilines is 1. The van der Waals surface area contributed by atoms with Crippen LogP contribution >= 0.6 is 12.0 Å². The maximum atomic E-state index is 11.7. The van der Waals surface area contributed by atoms with Gasteiger partial charge in [0.15, 0.2) is 11.5 Å². The Labute approximate surface area is 260 Å². The molecule has 0 aromatic heterocycles. The fourth-order valence-corrected chi connectivity index (χ4v) is 4.17. The van der Waals surface area contributed by atoms with Gasteiger partial charge in [0.2, 0.25) is 5.91 Å². The van der Waals surface area contributed by atoms with Gasteiger partial charge in [0.25, 0.3) is 0 Å². The van der Waals surface area contributed by atoms with Crippen LogP contribution in [0, 0.1) is 6.92 Å². The molecule has 3 aromatic carbocycles. The Bertz CT molecular complexity index is 1480. The van der Waals surface area contributed by atoms with E-state index in [4.69, 9.17) is 0 Å². The second-order valence-electron chi connectivity index (χ2n) is 7.25. The van der Waals surface area contributed by atoms with Crippen LogP contribution < -0.4 is 69.7 Å². The largest absolute Gasteiger partial charge is 1.00 e. The van der Waals surface area contributed by atoms with E-state index in [2.05, 4.69) is 24.9 Å². The zero-order chi connectivity index (χ0) is 25.9. The van der Waals surface area contributed by atoms with E-state index in [0.29, 0.717) is 28.9 Å². The molecule has 3 rings (SSSR count). The number of aryl methyl sites for hydroxylation is 1. The maximum Gasteiger partial charge on any atom is 1.00 e. The number of aromatic hydroxyl groups is 1. The number of azo groups is 1. The average Bonchev–Trinajstić information content (AvgIpc) is 2.76. The van der Waals surface area contributed by atoms with Gasteiger partial charge in [-0.05, 0) is 49.1 Å². The van der Waals surface area contributed by atoms with E-state index in [-0.39, 0.29) is 91.9 Å². The Kier molecular flexibility index (Phi) is 12.8. The third-order valence-corrected chi connectivity index (χ3v) is 6.18. The average molecular weight is 565 g/mol. The summed E-state index contributed by atoms with van der Waals surface area (Å²) in [6.45, 7) is 4.26. The van der Waals surface area contributed by atoms with Gasteiger partial charge in [-0.3, -0.25) is 14.6 Å². The summed E-state index contributed by atoms with van der Waals surface area (Å²) in [7, 11) is -4.93. The van der Waals surface area contributed by atoms with Crippen LogP contribution in [0.2, 0.25) is 0 Å². The van der Waals surface area contributed by atoms with Crippen LogP contribution in [-0.4, -0.2) is 29.8 Å². The monoisotopic (exact) mass is 565 g/mol. The third kappa shape index (κ3) is 8.29. The summed E-state index contributed by atoms with van der Waals surface area (Å²) in [4.78, 5) is 22.7. The Hall–Kier alpha value is -1.40. The number of hydrogen-bond donors (Lipinski definition) is 2. The predicted molar refractivity (Wildman–Crippen MR) is 121 cm³/mol. The number of carbonyl (C=O) groups excluding carboxylic acids is 2. The molecule has 0 bridgehead atoms. The smallest absolute Gasteiger partial charge is 0.744 e. The van der Waals surface area contributed by atoms with E-state index in [1.54, 1.807) is 19.1 Å². The molecule has 12 nitrogen and oxygen atoms in total. The van der Waals surface area contributed by atoms with Crippen molar-refractivity contribution in [2.45, 2.75) is 30.6 Å². The van der Waals surface area contributed by atoms with Crippen molar-refractivity contribution >= 4 is 61.7 Å². The van der Waals surface area contributed by atoms with E-state index in [9.17, 15) is 32.9 Å². The first-order chi connectivity index (χ1) is 16.4. The molecule has 0 unspecified atom stereocenters. The zero-order valence-electron chi connectivity index (χ0n) is 20.4. The SMILES string of the molecule is CC(=O)Nc1cc(S(=O)(=O)[O-])cc2cc(SOO[O-])c(N=Nc3cc(C(C)=O)ccc3C)c(O)c12.[Na+].[Na+]. The number of phenols is 1. The molecule has 184 valence electrons. The van der Waals surface area contributed by atoms with Crippen molar-refractivity contribution in [1.82, 2.24) is 0 Å². The number of fused-ring (bicyclic) bond motifs is 1. The predicted octanol–water partition coefficient (Wildman–Crippen LogP) is -2.43. The molecular formula is C21H17N3Na2O9S2. The maximum absolute atomic E-state index is 11.7. The van der Waals surface area contributed by atoms with Gasteiger partial charge >= 0.3 is 59.1 Å². The van der Waals surface area contributed by atoms with Gasteiger partial charge in [0.1, 0.15) is 15.8 Å². The van der Waals surface area contributed by atoms with Gasteiger partial charge in [-0.15, -0.1) is 5.11 Å². The summed E-state index contributed by atoms with van der Waals surface area (Å²) < 4.78 is 39.2. The number of carbonyl (C=O) groups is 2. The first kappa shape index (κ1) is 33.6. The molecule has 0 spiro atoms. The fraction of sp³-hybridized carbons (Fsp3) is 0.143. The summed E-state index contributed by atoms with van der Waals surface area (Å²) in [5.41, 5.74) is 0.951. The fourth-order valence-electron chi connectivity index (χ4n) is 3.14. The first-order valence-corrected chi connectivity index (χ1v) is 11.8. The Morgan fingerprint density at radius 2 is 1.76 bits per heavy atom. The van der Waals surface area contributed by atoms with Crippen molar-refractivity contribution in [2.75, 3.05) is 5.32 Å². The number of rotatable bonds is 8. The molecule has 0 aliphatic rings. The summed E-state index contributed by atoms with van der Waals surface area (Å²) in [6, 6.07) is 7.91. The Morgan fingerprint density at radius 3 is 2.32 bits per heavy atom. The van der Waals surface area contributed by atoms with Crippen LogP contribution in [0.15, 0.2) is 56.4 Å². The van der Waals surface area contributed by atoms with Crippen LogP contribution in [0.3, 0.4) is 0 Å². The Balaban J connectivity index is 0.00000342. The van der Waals surface area contributed by atoms with E-state index >= 15 is 0 Å². The number of ketones is 1. The Morgan fingerprint density at radius 1 is 1.08 bits per heavy atom. The minimum Gasteiger partial charge on any atom is -0.744 e. The molecule has 3 aromatic rings. The number of amides is 1. The van der Waals surface area contributed by atoms with Crippen molar-refractivity contribution in [2.24, 2.45) is 10.2 Å². The summed E-state index contributed by atoms with van der Waals surface area (Å²) in [5, 5.41) is 35.2. The molecular weight excluding hydrogens is 548 g/mol. The van der Waals surface area contributed by atoms with E-state index in [1.807, 2.05) is 0 Å². The number of nitrogens with one attached hydrogen (secondary N) is 1. The molecule has 2 N–H and O–H groups in total. The van der Waals surface area contributed by atoms with Crippen molar-refractivity contribution in [3.8, 4) is 5.75 Å². The molecule has 16 heteroatoms. The van der Waals surface area contributed by atoms with Gasteiger partial charge in [0.05, 0.1) is 33.2 Å². The quantitative estimate of drug-likeness (QED) is 0.0565. The van der Waals surface area contributed by atoms with Gasteiger partial charge in [-0.25, -0.2) is 8.42 Å². The molecule has 0 saturated carbocycles. The van der Waals surface area contributed by atoms with E-state index < -0.39 is 26.7 Å². The number of benzene rings is 3. The van der Waals surface area contributed by atoms with Gasteiger partial charge in [0, 0.05) is 17.9 Å². The number of Topliss-reactive ketones (excluding diaryl/α,β-unsaturated/α-hetero) is 1. The van der Waals surface area contributed by atoms with Gasteiger partial charge < -0.3 is 20.2 Å². The summed E-state index contributed by atoms with van der Waals surface area (Å²) in [6.07, 6.45) is 0. The normalized spacial score (nSPS) is 11.2. The molecule has 37 heavy (non-hydrogen) atoms. The van der Waals surface area contributed by atoms with Crippen molar-refractivity contribution < 1.29 is 101 Å². The molecule has 0 heterocycles. The molecule has 0 radical (unpaired) electrons. The van der Waals surface area contributed by atoms with E-state index in [0.717, 1.165) is 19.1 Å². The third-order valence-electron chi connectivity index (χ3n) is 4.75. The standard InChI is InChI=1S/C21H19N3O9S2.2Na/c1-10-4-5-13(11(2)25)7-16(10)23-24-20-18(34-33-32-28)8-14-6-15(35(29,30)31)9-17(22-12(3)26)19(14)21(20)27;;/h4-9,27-28H,1-3H3,(H,22,26)(H,29,30,31);;/q;2*+1/p-2. The number of hydrogen-bond acceptors (Lipinski definition) is 12. The van der Waals surface area contributed by atoms with Crippen LogP contribution in [-0.2, 0) is 24.3 Å².